The first-order chi connectivity index (χ1) is 14.9. The zero-order valence-corrected chi connectivity index (χ0v) is 17.4. The summed E-state index contributed by atoms with van der Waals surface area (Å²) in [6.45, 7) is 2.84. The Kier molecular flexibility index (Phi) is 5.36. The summed E-state index contributed by atoms with van der Waals surface area (Å²) >= 11 is 0. The molecule has 1 aromatic carbocycles. The van der Waals surface area contributed by atoms with E-state index in [9.17, 15) is 18.0 Å². The van der Waals surface area contributed by atoms with Gasteiger partial charge in [-0.2, -0.15) is 0 Å². The molecule has 0 aromatic heterocycles. The number of likely N-dealkylation sites (tertiary alicyclic amines) is 1. The summed E-state index contributed by atoms with van der Waals surface area (Å²) in [5.41, 5.74) is 1.68. The number of ether oxygens (including phenoxy) is 1. The number of hydrogen-bond donors (Lipinski definition) is 1. The van der Waals surface area contributed by atoms with Crippen molar-refractivity contribution in [2.75, 3.05) is 25.0 Å². The summed E-state index contributed by atoms with van der Waals surface area (Å²) in [4.78, 5) is 17.7. The smallest absolute Gasteiger partial charge is 0.406 e. The van der Waals surface area contributed by atoms with Crippen molar-refractivity contribution in [3.63, 3.8) is 0 Å². The molecular formula is C23H28F3N3O2. The van der Waals surface area contributed by atoms with Crippen LogP contribution in [0.25, 0.3) is 0 Å². The third-order valence-corrected chi connectivity index (χ3v) is 7.24. The van der Waals surface area contributed by atoms with E-state index in [1.807, 2.05) is 4.90 Å². The Labute approximate surface area is 180 Å². The first-order valence-electron chi connectivity index (χ1n) is 11.3. The van der Waals surface area contributed by atoms with Gasteiger partial charge in [0.1, 0.15) is 5.75 Å². The molecule has 1 aromatic rings. The molecule has 3 heterocycles. The summed E-state index contributed by atoms with van der Waals surface area (Å²) in [6.07, 6.45) is 4.57. The van der Waals surface area contributed by atoms with Crippen LogP contribution in [0.5, 0.6) is 5.75 Å². The van der Waals surface area contributed by atoms with Gasteiger partial charge in [0.2, 0.25) is 0 Å². The molecule has 3 aliphatic heterocycles. The molecule has 5 nitrogen and oxygen atoms in total. The minimum atomic E-state index is -4.76. The highest BCUT2D eigenvalue weighted by Gasteiger charge is 2.47. The van der Waals surface area contributed by atoms with Gasteiger partial charge >= 0.3 is 12.4 Å². The Hall–Kier alpha value is -2.22. The topological polar surface area (TPSA) is 44.8 Å². The number of alkyl halides is 3. The molecule has 0 saturated carbocycles. The number of rotatable bonds is 2. The molecule has 3 saturated heterocycles. The summed E-state index contributed by atoms with van der Waals surface area (Å²) in [6, 6.07) is 5.95. The Morgan fingerprint density at radius 1 is 1.16 bits per heavy atom. The average Bonchev–Trinajstić information content (AvgIpc) is 2.72. The highest BCUT2D eigenvalue weighted by Crippen LogP contribution is 2.45. The van der Waals surface area contributed by atoms with E-state index in [1.54, 1.807) is 6.07 Å². The van der Waals surface area contributed by atoms with Crippen molar-refractivity contribution >= 4 is 11.7 Å². The summed E-state index contributed by atoms with van der Waals surface area (Å²) in [7, 11) is 0. The summed E-state index contributed by atoms with van der Waals surface area (Å²) in [5.74, 6) is 0.670. The third kappa shape index (κ3) is 4.27. The maximum absolute atomic E-state index is 13.2. The first-order valence-corrected chi connectivity index (χ1v) is 11.3. The zero-order valence-electron chi connectivity index (χ0n) is 17.4. The summed E-state index contributed by atoms with van der Waals surface area (Å²) < 4.78 is 41.5. The van der Waals surface area contributed by atoms with Crippen molar-refractivity contribution in [3.8, 4) is 5.75 Å². The van der Waals surface area contributed by atoms with Crippen LogP contribution >= 0.6 is 0 Å². The highest BCUT2D eigenvalue weighted by atomic mass is 19.4. The van der Waals surface area contributed by atoms with E-state index in [2.05, 4.69) is 21.0 Å². The fourth-order valence-corrected chi connectivity index (χ4v) is 6.17. The molecule has 2 amide bonds. The number of halogens is 3. The van der Waals surface area contributed by atoms with Crippen molar-refractivity contribution in [2.45, 2.75) is 57.0 Å². The molecule has 168 valence electrons. The molecule has 2 bridgehead atoms. The van der Waals surface area contributed by atoms with Gasteiger partial charge in [0.05, 0.1) is 6.04 Å². The number of fused-ring (bicyclic) bond motifs is 6. The number of urea groups is 1. The largest absolute Gasteiger partial charge is 0.573 e. The fourth-order valence-electron chi connectivity index (χ4n) is 6.17. The van der Waals surface area contributed by atoms with E-state index in [1.165, 1.54) is 43.0 Å². The third-order valence-electron chi connectivity index (χ3n) is 7.24. The summed E-state index contributed by atoms with van der Waals surface area (Å²) in [5, 5.41) is 2.80. The van der Waals surface area contributed by atoms with Crippen molar-refractivity contribution in [1.82, 2.24) is 9.80 Å². The molecule has 31 heavy (non-hydrogen) atoms. The maximum Gasteiger partial charge on any atom is 0.573 e. The van der Waals surface area contributed by atoms with E-state index in [0.717, 1.165) is 32.4 Å². The van der Waals surface area contributed by atoms with Gasteiger partial charge in [0.15, 0.2) is 0 Å². The minimum Gasteiger partial charge on any atom is -0.406 e. The molecular weight excluding hydrogens is 407 g/mol. The molecule has 5 rings (SSSR count). The van der Waals surface area contributed by atoms with Gasteiger partial charge in [-0.1, -0.05) is 24.1 Å². The molecule has 1 aliphatic carbocycles. The monoisotopic (exact) mass is 435 g/mol. The number of carbonyl (C=O) groups is 1. The van der Waals surface area contributed by atoms with Crippen LogP contribution in [0.4, 0.5) is 23.7 Å². The second-order valence-electron chi connectivity index (χ2n) is 9.21. The SMILES string of the molecule is O=C(Nc1cccc(OC(F)(F)F)c1)N1CCCC2=C[C@@H]3C[C@H](CN4CCCCC34)C21. The molecule has 4 aliphatic rings. The quantitative estimate of drug-likeness (QED) is 0.664. The van der Waals surface area contributed by atoms with E-state index in [0.29, 0.717) is 30.1 Å². The van der Waals surface area contributed by atoms with E-state index in [-0.39, 0.29) is 17.8 Å². The van der Waals surface area contributed by atoms with Crippen molar-refractivity contribution in [3.05, 3.63) is 35.9 Å². The second kappa shape index (κ2) is 8.04. The lowest BCUT2D eigenvalue weighted by atomic mass is 9.68. The van der Waals surface area contributed by atoms with Crippen LogP contribution in [0.2, 0.25) is 0 Å². The van der Waals surface area contributed by atoms with Gasteiger partial charge in [0, 0.05) is 30.9 Å². The number of nitrogens with zero attached hydrogens (tertiary/aromatic N) is 2. The predicted octanol–water partition coefficient (Wildman–Crippen LogP) is 5.01. The first kappa shape index (κ1) is 20.7. The van der Waals surface area contributed by atoms with Crippen molar-refractivity contribution in [1.29, 1.82) is 0 Å². The Balaban J connectivity index is 1.33. The molecule has 0 spiro atoms. The fraction of sp³-hybridized carbons (Fsp3) is 0.609. The van der Waals surface area contributed by atoms with Gasteiger partial charge in [-0.05, 0) is 62.6 Å². The van der Waals surface area contributed by atoms with Crippen LogP contribution in [0, 0.1) is 11.8 Å². The molecule has 1 N–H and O–H groups in total. The van der Waals surface area contributed by atoms with Gasteiger partial charge in [-0.3, -0.25) is 4.90 Å². The number of hydrogen-bond acceptors (Lipinski definition) is 3. The van der Waals surface area contributed by atoms with E-state index < -0.39 is 6.36 Å². The van der Waals surface area contributed by atoms with E-state index >= 15 is 0 Å². The lowest BCUT2D eigenvalue weighted by molar-refractivity contribution is -0.274. The molecule has 2 unspecified atom stereocenters. The van der Waals surface area contributed by atoms with Gasteiger partial charge in [-0.15, -0.1) is 13.2 Å². The number of carbonyl (C=O) groups excluding carboxylic acids is 1. The minimum absolute atomic E-state index is 0.0856. The lowest BCUT2D eigenvalue weighted by Gasteiger charge is -2.54. The van der Waals surface area contributed by atoms with Crippen molar-refractivity contribution < 1.29 is 22.7 Å². The molecule has 4 atom stereocenters. The van der Waals surface area contributed by atoms with Gasteiger partial charge < -0.3 is 15.0 Å². The molecule has 0 radical (unpaired) electrons. The number of benzene rings is 1. The van der Waals surface area contributed by atoms with Crippen LogP contribution < -0.4 is 10.1 Å². The average molecular weight is 435 g/mol. The predicted molar refractivity (Wildman–Crippen MR) is 111 cm³/mol. The Morgan fingerprint density at radius 2 is 2.03 bits per heavy atom. The maximum atomic E-state index is 13.2. The zero-order chi connectivity index (χ0) is 21.6. The molecule has 8 heteroatoms. The Morgan fingerprint density at radius 3 is 2.87 bits per heavy atom. The normalized spacial score (nSPS) is 30.7. The van der Waals surface area contributed by atoms with Crippen molar-refractivity contribution in [2.24, 2.45) is 11.8 Å². The van der Waals surface area contributed by atoms with Crippen LogP contribution in [-0.2, 0) is 0 Å². The van der Waals surface area contributed by atoms with Gasteiger partial charge in [0.25, 0.3) is 0 Å². The van der Waals surface area contributed by atoms with Crippen LogP contribution in [0.3, 0.4) is 0 Å². The van der Waals surface area contributed by atoms with Crippen LogP contribution in [0.1, 0.15) is 38.5 Å². The van der Waals surface area contributed by atoms with E-state index in [4.69, 9.17) is 0 Å². The number of nitrogens with one attached hydrogen (secondary N) is 1. The van der Waals surface area contributed by atoms with Crippen LogP contribution in [-0.4, -0.2) is 53.9 Å². The number of piperidine rings is 3. The standard InChI is InChI=1S/C23H28F3N3O2/c24-23(25,26)31-19-7-3-6-18(13-19)27-22(30)29-10-4-5-15-11-16-12-17(21(15)29)14-28-9-2-1-8-20(16)28/h3,6-7,11,13,16-17,20-21H,1-2,4-5,8-10,12,14H2,(H,27,30)/t16-,17-,20?,21?/m1/s1. The highest BCUT2D eigenvalue weighted by molar-refractivity contribution is 5.90. The van der Waals surface area contributed by atoms with Gasteiger partial charge in [-0.25, -0.2) is 4.79 Å². The number of anilines is 1. The lowest BCUT2D eigenvalue weighted by Crippen LogP contribution is -2.60. The molecule has 3 fully saturated rings. The van der Waals surface area contributed by atoms with Crippen LogP contribution in [0.15, 0.2) is 35.9 Å². The Bertz CT molecular complexity index is 872. The second-order valence-corrected chi connectivity index (χ2v) is 9.21. The number of amides is 2.